The summed E-state index contributed by atoms with van der Waals surface area (Å²) in [4.78, 5) is 8.62. The molecule has 0 heterocycles. The van der Waals surface area contributed by atoms with Crippen LogP contribution in [0.25, 0.3) is 0 Å². The van der Waals surface area contributed by atoms with E-state index in [9.17, 15) is 13.0 Å². The maximum absolute atomic E-state index is 11.3. The second-order valence-electron chi connectivity index (χ2n) is 6.30. The van der Waals surface area contributed by atoms with Gasteiger partial charge in [-0.05, 0) is 24.5 Å². The van der Waals surface area contributed by atoms with E-state index >= 15 is 0 Å². The molecule has 0 amide bonds. The standard InChI is InChI=1S/C18H30O3S.CH2O3.2Mg.4H/c1-2-3-4-5-6-7-8-9-10-11-14-17-15-12-13-16-18(17)22(19,20)21;2-1(3)4;;;;;;/h12-13,15-16H,2-11,14H2,1H3,(H,19,20,21);(H2,2,3,4);;;;;;. The van der Waals surface area contributed by atoms with Gasteiger partial charge in [-0.15, -0.1) is 0 Å². The van der Waals surface area contributed by atoms with Crippen LogP contribution in [0.2, 0.25) is 0 Å². The van der Waals surface area contributed by atoms with Gasteiger partial charge in [0.25, 0.3) is 10.1 Å². The van der Waals surface area contributed by atoms with Gasteiger partial charge in [0.05, 0.1) is 4.90 Å². The number of carboxylic acid groups (broad SMARTS) is 2. The summed E-state index contributed by atoms with van der Waals surface area (Å²) >= 11 is 0. The lowest BCUT2D eigenvalue weighted by molar-refractivity contribution is 0.137. The molecule has 0 aliphatic carbocycles. The van der Waals surface area contributed by atoms with Crippen molar-refractivity contribution in [3.8, 4) is 0 Å². The molecule has 28 heavy (non-hydrogen) atoms. The molecule has 0 spiro atoms. The third kappa shape index (κ3) is 19.3. The van der Waals surface area contributed by atoms with Gasteiger partial charge in [-0.1, -0.05) is 82.9 Å². The van der Waals surface area contributed by atoms with E-state index in [1.165, 1.54) is 57.4 Å². The third-order valence-corrected chi connectivity index (χ3v) is 5.00. The Morgan fingerprint density at radius 2 is 1.21 bits per heavy atom. The van der Waals surface area contributed by atoms with E-state index in [0.29, 0.717) is 6.42 Å². The summed E-state index contributed by atoms with van der Waals surface area (Å²) in [6.45, 7) is 2.24. The molecule has 0 fully saturated rings. The van der Waals surface area contributed by atoms with Crippen LogP contribution in [0.4, 0.5) is 4.79 Å². The number of hydrogen-bond donors (Lipinski definition) is 3. The van der Waals surface area contributed by atoms with Crippen LogP contribution in [0.3, 0.4) is 0 Å². The van der Waals surface area contributed by atoms with Crippen LogP contribution in [0, 0.1) is 0 Å². The molecule has 0 atom stereocenters. The van der Waals surface area contributed by atoms with Crippen molar-refractivity contribution in [3.63, 3.8) is 0 Å². The Morgan fingerprint density at radius 1 is 0.821 bits per heavy atom. The topological polar surface area (TPSA) is 112 Å². The summed E-state index contributed by atoms with van der Waals surface area (Å²) in [5.74, 6) is 0. The Kier molecular flexibility index (Phi) is 23.5. The molecule has 1 aromatic rings. The second-order valence-corrected chi connectivity index (χ2v) is 7.69. The van der Waals surface area contributed by atoms with Gasteiger partial charge < -0.3 is 10.2 Å². The van der Waals surface area contributed by atoms with E-state index in [4.69, 9.17) is 15.0 Å². The van der Waals surface area contributed by atoms with Crippen molar-refractivity contribution in [1.29, 1.82) is 0 Å². The minimum atomic E-state index is -4.10. The first-order valence-corrected chi connectivity index (χ1v) is 10.7. The summed E-state index contributed by atoms with van der Waals surface area (Å²) in [7, 11) is -4.10. The zero-order valence-electron chi connectivity index (χ0n) is 15.6. The van der Waals surface area contributed by atoms with Crippen molar-refractivity contribution in [2.24, 2.45) is 0 Å². The van der Waals surface area contributed by atoms with E-state index in [1.54, 1.807) is 12.1 Å². The van der Waals surface area contributed by atoms with E-state index in [1.807, 2.05) is 6.07 Å². The molecule has 0 unspecified atom stereocenters. The largest absolute Gasteiger partial charge is 0.503 e. The van der Waals surface area contributed by atoms with Crippen LogP contribution in [0.1, 0.15) is 76.7 Å². The molecular weight excluding hydrogens is 405 g/mol. The van der Waals surface area contributed by atoms with Crippen molar-refractivity contribution >= 4 is 62.4 Å². The predicted octanol–water partition coefficient (Wildman–Crippen LogP) is 3.79. The fourth-order valence-electron chi connectivity index (χ4n) is 2.76. The minimum Gasteiger partial charge on any atom is -0.450 e. The van der Waals surface area contributed by atoms with Crippen LogP contribution in [-0.2, 0) is 16.5 Å². The lowest BCUT2D eigenvalue weighted by atomic mass is 10.0. The zero-order chi connectivity index (χ0) is 19.8. The SMILES string of the molecule is CCCCCCCCCCCCc1ccccc1S(=O)(=O)O.O=C(O)O.[MgH2].[MgH2]. The summed E-state index contributed by atoms with van der Waals surface area (Å²) < 4.78 is 31.8. The molecule has 0 aliphatic rings. The molecule has 9 heteroatoms. The highest BCUT2D eigenvalue weighted by Crippen LogP contribution is 2.18. The predicted molar refractivity (Wildman–Crippen MR) is 120 cm³/mol. The van der Waals surface area contributed by atoms with Crippen molar-refractivity contribution in [2.45, 2.75) is 82.4 Å². The fraction of sp³-hybridized carbons (Fsp3) is 0.632. The van der Waals surface area contributed by atoms with E-state index in [0.717, 1.165) is 18.4 Å². The molecule has 1 aromatic carbocycles. The maximum Gasteiger partial charge on any atom is 0.503 e. The molecule has 158 valence electrons. The molecule has 0 radical (unpaired) electrons. The molecule has 1 rings (SSSR count). The van der Waals surface area contributed by atoms with Gasteiger partial charge >= 0.3 is 52.3 Å². The summed E-state index contributed by atoms with van der Waals surface area (Å²) in [6.07, 6.45) is 11.5. The van der Waals surface area contributed by atoms with Gasteiger partial charge in [-0.25, -0.2) is 4.79 Å². The number of benzene rings is 1. The Labute approximate surface area is 201 Å². The zero-order valence-corrected chi connectivity index (χ0v) is 16.4. The summed E-state index contributed by atoms with van der Waals surface area (Å²) in [5, 5.41) is 13.9. The van der Waals surface area contributed by atoms with Crippen LogP contribution in [-0.4, -0.2) is 75.4 Å². The van der Waals surface area contributed by atoms with E-state index in [2.05, 4.69) is 6.92 Å². The van der Waals surface area contributed by atoms with Crippen molar-refractivity contribution in [3.05, 3.63) is 29.8 Å². The Hall–Kier alpha value is -0.0675. The maximum atomic E-state index is 11.3. The quantitative estimate of drug-likeness (QED) is 0.259. The molecule has 0 aromatic heterocycles. The first-order valence-electron chi connectivity index (χ1n) is 9.26. The number of hydrogen-bond acceptors (Lipinski definition) is 3. The number of carbonyl (C=O) groups is 1. The van der Waals surface area contributed by atoms with Crippen molar-refractivity contribution in [1.82, 2.24) is 0 Å². The average molecular weight is 441 g/mol. The van der Waals surface area contributed by atoms with Gasteiger partial charge in [-0.2, -0.15) is 8.42 Å². The molecule has 0 bridgehead atoms. The number of unbranched alkanes of at least 4 members (excludes halogenated alkanes) is 9. The van der Waals surface area contributed by atoms with E-state index < -0.39 is 16.3 Å². The third-order valence-electron chi connectivity index (χ3n) is 4.05. The van der Waals surface area contributed by atoms with Crippen molar-refractivity contribution < 1.29 is 28.0 Å². The normalized spacial score (nSPS) is 10.1. The molecular formula is C19H36Mg2O6S. The van der Waals surface area contributed by atoms with Crippen LogP contribution >= 0.6 is 0 Å². The fourth-order valence-corrected chi connectivity index (χ4v) is 3.52. The van der Waals surface area contributed by atoms with Gasteiger partial charge in [-0.3, -0.25) is 4.55 Å². The van der Waals surface area contributed by atoms with Gasteiger partial charge in [0, 0.05) is 0 Å². The van der Waals surface area contributed by atoms with Gasteiger partial charge in [0.15, 0.2) is 0 Å². The average Bonchev–Trinajstić information content (AvgIpc) is 2.55. The summed E-state index contributed by atoms with van der Waals surface area (Å²) in [5.41, 5.74) is 0.726. The van der Waals surface area contributed by atoms with Gasteiger partial charge in [0.1, 0.15) is 0 Å². The molecule has 3 N–H and O–H groups in total. The Morgan fingerprint density at radius 3 is 1.64 bits per heavy atom. The smallest absolute Gasteiger partial charge is 0.450 e. The lowest BCUT2D eigenvalue weighted by Crippen LogP contribution is -2.03. The molecule has 6 nitrogen and oxygen atoms in total. The lowest BCUT2D eigenvalue weighted by Gasteiger charge is -2.07. The first kappa shape index (κ1) is 32.6. The highest BCUT2D eigenvalue weighted by Gasteiger charge is 2.13. The van der Waals surface area contributed by atoms with Crippen LogP contribution in [0.5, 0.6) is 0 Å². The first-order chi connectivity index (χ1) is 12.3. The van der Waals surface area contributed by atoms with Crippen LogP contribution in [0.15, 0.2) is 29.2 Å². The van der Waals surface area contributed by atoms with Gasteiger partial charge in [0.2, 0.25) is 0 Å². The Balaban J connectivity index is -0.000000948. The molecule has 0 saturated carbocycles. The summed E-state index contributed by atoms with van der Waals surface area (Å²) in [6, 6.07) is 6.73. The highest BCUT2D eigenvalue weighted by atomic mass is 32.2. The molecule has 0 aliphatic heterocycles. The number of aryl methyl sites for hydroxylation is 1. The number of rotatable bonds is 12. The molecule has 0 saturated heterocycles. The van der Waals surface area contributed by atoms with Crippen molar-refractivity contribution in [2.75, 3.05) is 0 Å². The Bertz CT molecular complexity index is 604. The van der Waals surface area contributed by atoms with E-state index in [-0.39, 0.29) is 51.0 Å². The minimum absolute atomic E-state index is 0. The second kappa shape index (κ2) is 20.2. The van der Waals surface area contributed by atoms with Crippen LogP contribution < -0.4 is 0 Å². The monoisotopic (exact) mass is 440 g/mol. The highest BCUT2D eigenvalue weighted by molar-refractivity contribution is 7.85.